The van der Waals surface area contributed by atoms with Crippen LogP contribution >= 0.6 is 0 Å². The van der Waals surface area contributed by atoms with E-state index in [-0.39, 0.29) is 35.8 Å². The molecule has 1 heterocycles. The predicted octanol–water partition coefficient (Wildman–Crippen LogP) is 2.31. The average Bonchev–Trinajstić information content (AvgIpc) is 2.79. The molecule has 1 aliphatic rings. The molecule has 0 unspecified atom stereocenters. The van der Waals surface area contributed by atoms with Crippen LogP contribution in [0, 0.1) is 12.8 Å². The monoisotopic (exact) mass is 459 g/mol. The van der Waals surface area contributed by atoms with Crippen LogP contribution in [0.3, 0.4) is 0 Å². The molecular weight excluding hydrogens is 430 g/mol. The van der Waals surface area contributed by atoms with Crippen LogP contribution in [0.1, 0.15) is 25.3 Å². The number of nitrogens with two attached hydrogens (primary N) is 1. The Hall–Kier alpha value is -3.07. The van der Waals surface area contributed by atoms with E-state index in [2.05, 4.69) is 0 Å². The fourth-order valence-corrected chi connectivity index (χ4v) is 5.16. The summed E-state index contributed by atoms with van der Waals surface area (Å²) in [7, 11) is -3.69. The largest absolute Gasteiger partial charge is 0.484 e. The number of nitrogens with zero attached hydrogens (tertiary/aromatic N) is 2. The molecule has 1 saturated heterocycles. The molecule has 9 heteroatoms. The van der Waals surface area contributed by atoms with E-state index in [0.717, 1.165) is 5.56 Å². The Bertz CT molecular complexity index is 1040. The molecule has 0 aliphatic carbocycles. The van der Waals surface area contributed by atoms with Crippen molar-refractivity contribution in [2.45, 2.75) is 31.6 Å². The molecule has 2 N–H and O–H groups in total. The molecule has 1 fully saturated rings. The van der Waals surface area contributed by atoms with Gasteiger partial charge in [0, 0.05) is 25.6 Å². The second-order valence-corrected chi connectivity index (χ2v) is 9.69. The van der Waals surface area contributed by atoms with Crippen molar-refractivity contribution < 1.29 is 22.7 Å². The van der Waals surface area contributed by atoms with Crippen molar-refractivity contribution in [3.63, 3.8) is 0 Å². The van der Waals surface area contributed by atoms with Crippen LogP contribution in [-0.4, -0.2) is 51.4 Å². The van der Waals surface area contributed by atoms with Gasteiger partial charge in [-0.1, -0.05) is 17.7 Å². The van der Waals surface area contributed by atoms with Gasteiger partial charge in [0.15, 0.2) is 6.61 Å². The number of hydrogen-bond donors (Lipinski definition) is 1. The molecule has 32 heavy (non-hydrogen) atoms. The number of piperidine rings is 1. The SMILES string of the molecule is CCN(c1ccc(OCC(=O)N2CCC(C(N)=O)CC2)cc1)S(=O)(=O)c1ccc(C)cc1. The van der Waals surface area contributed by atoms with E-state index in [1.807, 2.05) is 6.92 Å². The van der Waals surface area contributed by atoms with E-state index in [1.165, 1.54) is 4.31 Å². The summed E-state index contributed by atoms with van der Waals surface area (Å²) in [5.41, 5.74) is 6.82. The zero-order valence-electron chi connectivity index (χ0n) is 18.4. The first-order valence-corrected chi connectivity index (χ1v) is 12.1. The molecule has 8 nitrogen and oxygen atoms in total. The highest BCUT2D eigenvalue weighted by Gasteiger charge is 2.26. The van der Waals surface area contributed by atoms with Crippen molar-refractivity contribution >= 4 is 27.5 Å². The summed E-state index contributed by atoms with van der Waals surface area (Å²) >= 11 is 0. The highest BCUT2D eigenvalue weighted by atomic mass is 32.2. The first-order chi connectivity index (χ1) is 15.2. The molecule has 3 rings (SSSR count). The van der Waals surface area contributed by atoms with Crippen LogP contribution in [0.4, 0.5) is 5.69 Å². The van der Waals surface area contributed by atoms with Gasteiger partial charge in [-0.05, 0) is 63.1 Å². The normalized spacial score (nSPS) is 14.8. The highest BCUT2D eigenvalue weighted by Crippen LogP contribution is 2.26. The third-order valence-electron chi connectivity index (χ3n) is 5.63. The number of amides is 2. The number of ether oxygens (including phenoxy) is 1. The Morgan fingerprint density at radius 3 is 2.19 bits per heavy atom. The van der Waals surface area contributed by atoms with Crippen molar-refractivity contribution in [2.75, 3.05) is 30.5 Å². The summed E-state index contributed by atoms with van der Waals surface area (Å²) in [4.78, 5) is 25.5. The van der Waals surface area contributed by atoms with Gasteiger partial charge < -0.3 is 15.4 Å². The molecule has 0 spiro atoms. The Morgan fingerprint density at radius 1 is 1.06 bits per heavy atom. The average molecular weight is 460 g/mol. The van der Waals surface area contributed by atoms with Crippen molar-refractivity contribution in [3.05, 3.63) is 54.1 Å². The number of aryl methyl sites for hydroxylation is 1. The van der Waals surface area contributed by atoms with Gasteiger partial charge in [-0.2, -0.15) is 0 Å². The van der Waals surface area contributed by atoms with Gasteiger partial charge >= 0.3 is 0 Å². The minimum absolute atomic E-state index is 0.125. The van der Waals surface area contributed by atoms with Crippen LogP contribution in [0.15, 0.2) is 53.4 Å². The number of rotatable bonds is 8. The van der Waals surface area contributed by atoms with E-state index in [9.17, 15) is 18.0 Å². The van der Waals surface area contributed by atoms with Gasteiger partial charge in [-0.15, -0.1) is 0 Å². The fraction of sp³-hybridized carbons (Fsp3) is 0.391. The van der Waals surface area contributed by atoms with Crippen molar-refractivity contribution in [2.24, 2.45) is 11.7 Å². The number of anilines is 1. The highest BCUT2D eigenvalue weighted by molar-refractivity contribution is 7.92. The van der Waals surface area contributed by atoms with Gasteiger partial charge in [0.25, 0.3) is 15.9 Å². The van der Waals surface area contributed by atoms with Crippen LogP contribution < -0.4 is 14.8 Å². The molecule has 0 bridgehead atoms. The van der Waals surface area contributed by atoms with E-state index >= 15 is 0 Å². The van der Waals surface area contributed by atoms with Gasteiger partial charge in [0.1, 0.15) is 5.75 Å². The first kappa shape index (κ1) is 23.6. The van der Waals surface area contributed by atoms with E-state index in [1.54, 1.807) is 60.4 Å². The fourth-order valence-electron chi connectivity index (χ4n) is 3.69. The number of carbonyl (C=O) groups is 2. The number of benzene rings is 2. The maximum Gasteiger partial charge on any atom is 0.264 e. The zero-order chi connectivity index (χ0) is 23.3. The van der Waals surface area contributed by atoms with Gasteiger partial charge in [0.05, 0.1) is 10.6 Å². The van der Waals surface area contributed by atoms with Crippen molar-refractivity contribution in [3.8, 4) is 5.75 Å². The number of hydrogen-bond acceptors (Lipinski definition) is 5. The summed E-state index contributed by atoms with van der Waals surface area (Å²) in [5, 5.41) is 0. The molecule has 2 amide bonds. The quantitative estimate of drug-likeness (QED) is 0.651. The topological polar surface area (TPSA) is 110 Å². The lowest BCUT2D eigenvalue weighted by Gasteiger charge is -2.30. The lowest BCUT2D eigenvalue weighted by molar-refractivity contribution is -0.136. The van der Waals surface area contributed by atoms with Crippen LogP contribution in [-0.2, 0) is 19.6 Å². The second-order valence-electron chi connectivity index (χ2n) is 7.82. The molecule has 0 saturated carbocycles. The van der Waals surface area contributed by atoms with E-state index in [0.29, 0.717) is 37.4 Å². The molecule has 1 aliphatic heterocycles. The van der Waals surface area contributed by atoms with Gasteiger partial charge in [0.2, 0.25) is 5.91 Å². The maximum absolute atomic E-state index is 13.0. The summed E-state index contributed by atoms with van der Waals surface area (Å²) in [6.07, 6.45) is 1.14. The number of sulfonamides is 1. The standard InChI is InChI=1S/C23H29N3O5S/c1-3-26(32(29,30)21-10-4-17(2)5-11-21)19-6-8-20(9-7-19)31-16-22(27)25-14-12-18(13-15-25)23(24)28/h4-11,18H,3,12-16H2,1-2H3,(H2,24,28). The summed E-state index contributed by atoms with van der Waals surface area (Å²) in [5.74, 6) is -0.184. The smallest absolute Gasteiger partial charge is 0.264 e. The molecule has 0 aromatic heterocycles. The van der Waals surface area contributed by atoms with Crippen LogP contribution in [0.5, 0.6) is 5.75 Å². The molecular formula is C23H29N3O5S. The Balaban J connectivity index is 1.61. The lowest BCUT2D eigenvalue weighted by atomic mass is 9.96. The van der Waals surface area contributed by atoms with Gasteiger partial charge in [-0.3, -0.25) is 13.9 Å². The van der Waals surface area contributed by atoms with E-state index < -0.39 is 10.0 Å². The van der Waals surface area contributed by atoms with Crippen LogP contribution in [0.25, 0.3) is 0 Å². The van der Waals surface area contributed by atoms with Gasteiger partial charge in [-0.25, -0.2) is 8.42 Å². The van der Waals surface area contributed by atoms with E-state index in [4.69, 9.17) is 10.5 Å². The summed E-state index contributed by atoms with van der Waals surface area (Å²) in [6.45, 7) is 4.79. The van der Waals surface area contributed by atoms with Crippen LogP contribution in [0.2, 0.25) is 0 Å². The molecule has 0 atom stereocenters. The zero-order valence-corrected chi connectivity index (χ0v) is 19.2. The molecule has 2 aromatic carbocycles. The Kier molecular flexibility index (Phi) is 7.40. The second kappa shape index (κ2) is 10.0. The summed E-state index contributed by atoms with van der Waals surface area (Å²) < 4.78 is 33.0. The Labute approximate surface area is 189 Å². The number of primary amides is 1. The third kappa shape index (κ3) is 5.40. The number of carbonyl (C=O) groups excluding carboxylic acids is 2. The minimum Gasteiger partial charge on any atom is -0.484 e. The van der Waals surface area contributed by atoms with Crippen molar-refractivity contribution in [1.82, 2.24) is 4.90 Å². The molecule has 0 radical (unpaired) electrons. The first-order valence-electron chi connectivity index (χ1n) is 10.6. The van der Waals surface area contributed by atoms with Crippen molar-refractivity contribution in [1.29, 1.82) is 0 Å². The number of likely N-dealkylation sites (tertiary alicyclic amines) is 1. The summed E-state index contributed by atoms with van der Waals surface area (Å²) in [6, 6.07) is 13.4. The predicted molar refractivity (Wildman–Crippen MR) is 122 cm³/mol. The maximum atomic E-state index is 13.0. The third-order valence-corrected chi connectivity index (χ3v) is 7.55. The molecule has 172 valence electrons. The Morgan fingerprint density at radius 2 is 1.66 bits per heavy atom. The minimum atomic E-state index is -3.69. The lowest BCUT2D eigenvalue weighted by Crippen LogP contribution is -2.43. The molecule has 2 aromatic rings.